The number of aryl methyl sites for hydroxylation is 1. The summed E-state index contributed by atoms with van der Waals surface area (Å²) >= 11 is 0. The van der Waals surface area contributed by atoms with Crippen molar-refractivity contribution in [2.75, 3.05) is 18.6 Å². The lowest BCUT2D eigenvalue weighted by Gasteiger charge is -2.36. The summed E-state index contributed by atoms with van der Waals surface area (Å²) in [6, 6.07) is 15.6. The molecule has 48 heavy (non-hydrogen) atoms. The molecule has 0 aliphatic heterocycles. The van der Waals surface area contributed by atoms with Gasteiger partial charge in [0.1, 0.15) is 5.75 Å². The van der Waals surface area contributed by atoms with Crippen molar-refractivity contribution >= 4 is 17.5 Å². The Morgan fingerprint density at radius 3 is 2.31 bits per heavy atom. The smallest absolute Gasteiger partial charge is 0.230 e. The van der Waals surface area contributed by atoms with Crippen molar-refractivity contribution in [2.24, 2.45) is 17.8 Å². The zero-order valence-electron chi connectivity index (χ0n) is 29.6. The molecule has 2 amide bonds. The number of benzene rings is 2. The summed E-state index contributed by atoms with van der Waals surface area (Å²) in [4.78, 5) is 29.5. The van der Waals surface area contributed by atoms with Gasteiger partial charge in [-0.2, -0.15) is 5.10 Å². The van der Waals surface area contributed by atoms with Gasteiger partial charge in [0.15, 0.2) is 0 Å². The summed E-state index contributed by atoms with van der Waals surface area (Å²) in [5.41, 5.74) is 5.74. The fourth-order valence-corrected chi connectivity index (χ4v) is 8.43. The van der Waals surface area contributed by atoms with Crippen molar-refractivity contribution in [1.29, 1.82) is 0 Å². The Hall–Kier alpha value is -3.61. The lowest BCUT2D eigenvalue weighted by molar-refractivity contribution is -0.127. The molecule has 1 N–H and O–H groups in total. The number of hydrogen-bond donors (Lipinski definition) is 1. The maximum absolute atomic E-state index is 14.5. The van der Waals surface area contributed by atoms with Crippen LogP contribution in [0.2, 0.25) is 0 Å². The van der Waals surface area contributed by atoms with Crippen LogP contribution in [0.1, 0.15) is 120 Å². The molecule has 0 spiro atoms. The van der Waals surface area contributed by atoms with Gasteiger partial charge in [-0.05, 0) is 132 Å². The minimum atomic E-state index is -0.0150. The number of ether oxygens (including phenoxy) is 1. The molecule has 1 heterocycles. The van der Waals surface area contributed by atoms with E-state index in [1.54, 1.807) is 7.11 Å². The fraction of sp³-hybridized carbons (Fsp3) is 0.585. The molecule has 2 aromatic carbocycles. The highest BCUT2D eigenvalue weighted by molar-refractivity contribution is 5.95. The molecule has 1 aromatic heterocycles. The quantitative estimate of drug-likeness (QED) is 0.237. The zero-order chi connectivity index (χ0) is 33.6. The van der Waals surface area contributed by atoms with Gasteiger partial charge in [-0.3, -0.25) is 14.3 Å². The second-order valence-electron chi connectivity index (χ2n) is 15.1. The van der Waals surface area contributed by atoms with Gasteiger partial charge in [0.05, 0.1) is 13.3 Å². The Balaban J connectivity index is 1.15. The van der Waals surface area contributed by atoms with E-state index in [1.807, 2.05) is 10.9 Å². The fourth-order valence-electron chi connectivity index (χ4n) is 8.43. The summed E-state index contributed by atoms with van der Waals surface area (Å²) in [5, 5.41) is 7.93. The number of anilines is 1. The Kier molecular flexibility index (Phi) is 11.2. The first kappa shape index (κ1) is 34.3. The van der Waals surface area contributed by atoms with E-state index in [0.717, 1.165) is 93.3 Å². The third-order valence-electron chi connectivity index (χ3n) is 11.5. The van der Waals surface area contributed by atoms with Gasteiger partial charge >= 0.3 is 0 Å². The summed E-state index contributed by atoms with van der Waals surface area (Å²) < 4.78 is 7.48. The van der Waals surface area contributed by atoms with Crippen LogP contribution in [-0.4, -0.2) is 41.3 Å². The molecule has 3 saturated carbocycles. The van der Waals surface area contributed by atoms with Crippen LogP contribution in [0.5, 0.6) is 5.75 Å². The predicted octanol–water partition coefficient (Wildman–Crippen LogP) is 9.01. The maximum atomic E-state index is 14.5. The van der Waals surface area contributed by atoms with Crippen LogP contribution in [0.15, 0.2) is 54.9 Å². The summed E-state index contributed by atoms with van der Waals surface area (Å²) in [6.07, 6.45) is 17.6. The van der Waals surface area contributed by atoms with Crippen LogP contribution >= 0.6 is 0 Å². The average Bonchev–Trinajstić information content (AvgIpc) is 3.63. The van der Waals surface area contributed by atoms with Crippen LogP contribution < -0.4 is 15.0 Å². The molecule has 0 unspecified atom stereocenters. The molecule has 3 aliphatic carbocycles. The molecular formula is C41H56N4O3. The molecule has 0 bridgehead atoms. The molecular weight excluding hydrogens is 596 g/mol. The average molecular weight is 653 g/mol. The highest BCUT2D eigenvalue weighted by Crippen LogP contribution is 2.39. The Bertz CT molecular complexity index is 1520. The molecule has 3 aliphatic rings. The highest BCUT2D eigenvalue weighted by Gasteiger charge is 2.34. The van der Waals surface area contributed by atoms with Gasteiger partial charge in [0.25, 0.3) is 0 Å². The second kappa shape index (κ2) is 15.7. The normalized spacial score (nSPS) is 23.5. The van der Waals surface area contributed by atoms with Crippen molar-refractivity contribution in [1.82, 2.24) is 15.1 Å². The van der Waals surface area contributed by atoms with Gasteiger partial charge in [0, 0.05) is 47.9 Å². The van der Waals surface area contributed by atoms with Crippen molar-refractivity contribution < 1.29 is 14.3 Å². The van der Waals surface area contributed by atoms with Crippen LogP contribution in [-0.2, 0) is 9.59 Å². The SMILES string of the molecule is COc1ccc(C2CCC(CN(C(=O)C3CCC(NC(=O)C4CCCCC4)CC3)c3cccc(-c4cnn(C(C)C)c4)c3)CC2)cc1C. The molecule has 258 valence electrons. The van der Waals surface area contributed by atoms with Gasteiger partial charge in [-0.25, -0.2) is 0 Å². The second-order valence-corrected chi connectivity index (χ2v) is 15.1. The van der Waals surface area contributed by atoms with Crippen LogP contribution in [0.4, 0.5) is 5.69 Å². The highest BCUT2D eigenvalue weighted by atomic mass is 16.5. The monoisotopic (exact) mass is 652 g/mol. The van der Waals surface area contributed by atoms with Gasteiger partial charge < -0.3 is 15.0 Å². The molecule has 7 heteroatoms. The lowest BCUT2D eigenvalue weighted by Crippen LogP contribution is -2.45. The zero-order valence-corrected chi connectivity index (χ0v) is 29.6. The number of rotatable bonds is 10. The Morgan fingerprint density at radius 1 is 0.896 bits per heavy atom. The van der Waals surface area contributed by atoms with Crippen molar-refractivity contribution in [3.05, 3.63) is 66.0 Å². The molecule has 6 rings (SSSR count). The molecule has 3 aromatic rings. The van der Waals surface area contributed by atoms with E-state index in [1.165, 1.54) is 30.4 Å². The van der Waals surface area contributed by atoms with Gasteiger partial charge in [0.2, 0.25) is 11.8 Å². The van der Waals surface area contributed by atoms with Crippen molar-refractivity contribution in [3.8, 4) is 16.9 Å². The molecule has 3 fully saturated rings. The number of carbonyl (C=O) groups excluding carboxylic acids is 2. The lowest BCUT2D eigenvalue weighted by atomic mass is 9.78. The number of aromatic nitrogens is 2. The number of methoxy groups -OCH3 is 1. The van der Waals surface area contributed by atoms with Crippen LogP contribution in [0, 0.1) is 24.7 Å². The van der Waals surface area contributed by atoms with E-state index in [4.69, 9.17) is 4.74 Å². The number of carbonyl (C=O) groups is 2. The number of amides is 2. The minimum Gasteiger partial charge on any atom is -0.496 e. The third kappa shape index (κ3) is 8.15. The minimum absolute atomic E-state index is 0.0150. The first-order valence-corrected chi connectivity index (χ1v) is 18.7. The number of nitrogens with zero attached hydrogens (tertiary/aromatic N) is 3. The largest absolute Gasteiger partial charge is 0.496 e. The van der Waals surface area contributed by atoms with E-state index >= 15 is 0 Å². The van der Waals surface area contributed by atoms with Crippen LogP contribution in [0.25, 0.3) is 11.1 Å². The predicted molar refractivity (Wildman–Crippen MR) is 193 cm³/mol. The summed E-state index contributed by atoms with van der Waals surface area (Å²) in [6.45, 7) is 7.14. The van der Waals surface area contributed by atoms with E-state index < -0.39 is 0 Å². The van der Waals surface area contributed by atoms with E-state index in [0.29, 0.717) is 17.9 Å². The van der Waals surface area contributed by atoms with E-state index in [2.05, 4.69) is 84.7 Å². The molecule has 0 radical (unpaired) electrons. The van der Waals surface area contributed by atoms with Gasteiger partial charge in [-0.15, -0.1) is 0 Å². The van der Waals surface area contributed by atoms with Gasteiger partial charge in [-0.1, -0.05) is 43.5 Å². The molecule has 0 atom stereocenters. The summed E-state index contributed by atoms with van der Waals surface area (Å²) in [5.74, 6) is 2.61. The first-order chi connectivity index (χ1) is 23.3. The van der Waals surface area contributed by atoms with Crippen LogP contribution in [0.3, 0.4) is 0 Å². The van der Waals surface area contributed by atoms with E-state index in [-0.39, 0.29) is 29.7 Å². The summed E-state index contributed by atoms with van der Waals surface area (Å²) in [7, 11) is 1.73. The first-order valence-electron chi connectivity index (χ1n) is 18.7. The molecule has 0 saturated heterocycles. The topological polar surface area (TPSA) is 76.5 Å². The number of nitrogens with one attached hydrogen (secondary N) is 1. The third-order valence-corrected chi connectivity index (χ3v) is 11.5. The van der Waals surface area contributed by atoms with E-state index in [9.17, 15) is 9.59 Å². The van der Waals surface area contributed by atoms with Crippen molar-refractivity contribution in [2.45, 2.75) is 122 Å². The Labute approximate surface area is 287 Å². The standard InChI is InChI=1S/C41H56N4O3/c1-28(2)45-27-36(25-42-45)34-11-8-12-38(24-34)44(26-30-13-15-31(16-14-30)35-19-22-39(48-4)29(3)23-35)41(47)33-17-20-37(21-18-33)43-40(46)32-9-6-5-7-10-32/h8,11-12,19,22-25,27-28,30-33,37H,5-7,9-10,13-18,20-21,26H2,1-4H3,(H,43,46). The number of hydrogen-bond acceptors (Lipinski definition) is 4. The Morgan fingerprint density at radius 2 is 1.65 bits per heavy atom. The molecule has 7 nitrogen and oxygen atoms in total. The maximum Gasteiger partial charge on any atom is 0.230 e. The van der Waals surface area contributed by atoms with Crippen molar-refractivity contribution in [3.63, 3.8) is 0 Å².